The van der Waals surface area contributed by atoms with Crippen LogP contribution in [0.4, 0.5) is 0 Å². The van der Waals surface area contributed by atoms with Crippen LogP contribution < -0.4 is 0 Å². The van der Waals surface area contributed by atoms with Crippen LogP contribution in [-0.4, -0.2) is 45.9 Å². The van der Waals surface area contributed by atoms with E-state index in [0.717, 1.165) is 23.5 Å². The molecule has 0 atom stereocenters. The summed E-state index contributed by atoms with van der Waals surface area (Å²) in [5, 5.41) is 7.92. The van der Waals surface area contributed by atoms with Gasteiger partial charge in [-0.05, 0) is 0 Å². The largest absolute Gasteiger partial charge is 0.481 e. The van der Waals surface area contributed by atoms with Crippen molar-refractivity contribution < 1.29 is 29.0 Å². The van der Waals surface area contributed by atoms with Gasteiger partial charge >= 0.3 is 11.9 Å². The molecule has 1 N–H and O–H groups in total. The predicted octanol–water partition coefficient (Wildman–Crippen LogP) is 0.934. The topological polar surface area (TPSA) is 97.7 Å². The van der Waals surface area contributed by atoms with Gasteiger partial charge < -0.3 is 9.84 Å². The third-order valence-corrected chi connectivity index (χ3v) is 3.53. The number of rotatable bonds is 8. The Morgan fingerprint density at radius 3 is 2.17 bits per heavy atom. The average molecular weight is 294 g/mol. The third kappa shape index (κ3) is 10.2. The van der Waals surface area contributed by atoms with E-state index in [9.17, 15) is 19.2 Å². The van der Waals surface area contributed by atoms with Crippen molar-refractivity contribution in [3.8, 4) is 0 Å². The Balaban J connectivity index is 3.58. The van der Waals surface area contributed by atoms with Gasteiger partial charge in [-0.25, -0.2) is 0 Å². The lowest BCUT2D eigenvalue weighted by atomic mass is 10.3. The quantitative estimate of drug-likeness (QED) is 0.660. The Hall–Kier alpha value is -1.02. The molecule has 0 unspecified atom stereocenters. The van der Waals surface area contributed by atoms with Crippen LogP contribution >= 0.6 is 23.5 Å². The van der Waals surface area contributed by atoms with Gasteiger partial charge in [0.05, 0.1) is 19.3 Å². The lowest BCUT2D eigenvalue weighted by molar-refractivity contribution is -0.138. The van der Waals surface area contributed by atoms with Crippen LogP contribution in [0.1, 0.15) is 19.3 Å². The van der Waals surface area contributed by atoms with E-state index >= 15 is 0 Å². The van der Waals surface area contributed by atoms with Crippen LogP contribution in [0.3, 0.4) is 0 Å². The zero-order valence-corrected chi connectivity index (χ0v) is 11.5. The smallest absolute Gasteiger partial charge is 0.316 e. The van der Waals surface area contributed by atoms with Crippen molar-refractivity contribution in [2.75, 3.05) is 18.6 Å². The van der Waals surface area contributed by atoms with Crippen molar-refractivity contribution in [2.24, 2.45) is 0 Å². The highest BCUT2D eigenvalue weighted by molar-refractivity contribution is 8.15. The molecule has 0 aliphatic rings. The lowest BCUT2D eigenvalue weighted by Crippen LogP contribution is -2.07. The standard InChI is InChI=1S/C10H14O6S2/c1-16-8(13)6-18-10(15)4-5-17-9(14)3-2-7(11)12/h2-6H2,1H3,(H,11,12). The second kappa shape index (κ2) is 9.95. The number of aliphatic carboxylic acids is 1. The zero-order valence-electron chi connectivity index (χ0n) is 9.84. The molecule has 8 heteroatoms. The van der Waals surface area contributed by atoms with Crippen LogP contribution in [0.15, 0.2) is 0 Å². The molecule has 0 fully saturated rings. The first-order valence-electron chi connectivity index (χ1n) is 5.05. The van der Waals surface area contributed by atoms with Gasteiger partial charge in [0.2, 0.25) is 0 Å². The van der Waals surface area contributed by atoms with E-state index in [4.69, 9.17) is 5.11 Å². The highest BCUT2D eigenvalue weighted by Gasteiger charge is 2.10. The van der Waals surface area contributed by atoms with Gasteiger partial charge in [0.25, 0.3) is 0 Å². The van der Waals surface area contributed by atoms with Gasteiger partial charge in [-0.2, -0.15) is 0 Å². The van der Waals surface area contributed by atoms with Crippen molar-refractivity contribution >= 4 is 45.7 Å². The maximum Gasteiger partial charge on any atom is 0.316 e. The Bertz CT molecular complexity index is 328. The van der Waals surface area contributed by atoms with Crippen LogP contribution in [0.5, 0.6) is 0 Å². The normalized spacial score (nSPS) is 9.83. The Kier molecular flexibility index (Phi) is 9.39. The Morgan fingerprint density at radius 2 is 1.61 bits per heavy atom. The van der Waals surface area contributed by atoms with Crippen LogP contribution in [0.2, 0.25) is 0 Å². The summed E-state index contributed by atoms with van der Waals surface area (Å²) in [7, 11) is 1.24. The summed E-state index contributed by atoms with van der Waals surface area (Å²) in [4.78, 5) is 43.3. The number of carbonyl (C=O) groups is 4. The van der Waals surface area contributed by atoms with E-state index < -0.39 is 11.9 Å². The molecule has 0 aromatic rings. The van der Waals surface area contributed by atoms with E-state index in [1.807, 2.05) is 0 Å². The third-order valence-electron chi connectivity index (χ3n) is 1.69. The van der Waals surface area contributed by atoms with Gasteiger partial charge in [0.15, 0.2) is 10.2 Å². The molecule has 102 valence electrons. The molecule has 0 bridgehead atoms. The second-order valence-electron chi connectivity index (χ2n) is 3.10. The molecule has 0 aliphatic heterocycles. The van der Waals surface area contributed by atoms with Gasteiger partial charge in [0, 0.05) is 18.6 Å². The van der Waals surface area contributed by atoms with Gasteiger partial charge in [-0.3, -0.25) is 19.2 Å². The number of esters is 1. The molecule has 6 nitrogen and oxygen atoms in total. The molecular weight excluding hydrogens is 280 g/mol. The van der Waals surface area contributed by atoms with Gasteiger partial charge in [0.1, 0.15) is 0 Å². The van der Waals surface area contributed by atoms with Gasteiger partial charge in [-0.15, -0.1) is 0 Å². The summed E-state index contributed by atoms with van der Waals surface area (Å²) < 4.78 is 4.37. The number of hydrogen-bond acceptors (Lipinski definition) is 7. The average Bonchev–Trinajstić information content (AvgIpc) is 2.33. The first-order chi connectivity index (χ1) is 8.45. The summed E-state index contributed by atoms with van der Waals surface area (Å²) in [5.74, 6) is -1.23. The highest BCUT2D eigenvalue weighted by atomic mass is 32.2. The monoisotopic (exact) mass is 294 g/mol. The lowest BCUT2D eigenvalue weighted by Gasteiger charge is -2.00. The molecule has 0 heterocycles. The van der Waals surface area contributed by atoms with Crippen molar-refractivity contribution in [2.45, 2.75) is 19.3 Å². The Morgan fingerprint density at radius 1 is 1.00 bits per heavy atom. The number of thioether (sulfide) groups is 2. The minimum absolute atomic E-state index is 0.0348. The summed E-state index contributed by atoms with van der Waals surface area (Å²) in [6.07, 6.45) is -0.0779. The maximum atomic E-state index is 11.2. The number of methoxy groups -OCH3 is 1. The fourth-order valence-electron chi connectivity index (χ4n) is 0.800. The van der Waals surface area contributed by atoms with E-state index in [1.165, 1.54) is 7.11 Å². The highest BCUT2D eigenvalue weighted by Crippen LogP contribution is 2.13. The summed E-state index contributed by atoms with van der Waals surface area (Å²) >= 11 is 1.78. The molecule has 0 aromatic carbocycles. The molecule has 0 saturated heterocycles. The molecule has 0 rings (SSSR count). The van der Waals surface area contributed by atoms with E-state index in [1.54, 1.807) is 0 Å². The van der Waals surface area contributed by atoms with Gasteiger partial charge in [-0.1, -0.05) is 23.5 Å². The zero-order chi connectivity index (χ0) is 14.0. The SMILES string of the molecule is COC(=O)CSC(=O)CCSC(=O)CCC(=O)O. The first-order valence-corrected chi connectivity index (χ1v) is 7.02. The van der Waals surface area contributed by atoms with Crippen molar-refractivity contribution in [1.29, 1.82) is 0 Å². The van der Waals surface area contributed by atoms with E-state index in [0.29, 0.717) is 5.75 Å². The van der Waals surface area contributed by atoms with Crippen LogP contribution in [-0.2, 0) is 23.9 Å². The summed E-state index contributed by atoms with van der Waals surface area (Å²) in [6, 6.07) is 0. The number of carboxylic acids is 1. The molecule has 0 spiro atoms. The van der Waals surface area contributed by atoms with E-state index in [2.05, 4.69) is 4.74 Å². The molecular formula is C10H14O6S2. The maximum absolute atomic E-state index is 11.2. The minimum atomic E-state index is -1.02. The molecule has 0 amide bonds. The summed E-state index contributed by atoms with van der Waals surface area (Å²) in [6.45, 7) is 0. The van der Waals surface area contributed by atoms with Crippen molar-refractivity contribution in [1.82, 2.24) is 0 Å². The number of hydrogen-bond donors (Lipinski definition) is 1. The fraction of sp³-hybridized carbons (Fsp3) is 0.600. The number of carboxylic acid groups (broad SMARTS) is 1. The fourth-order valence-corrected chi connectivity index (χ4v) is 2.33. The molecule has 0 saturated carbocycles. The first kappa shape index (κ1) is 17.0. The summed E-state index contributed by atoms with van der Waals surface area (Å²) in [5.41, 5.74) is 0. The minimum Gasteiger partial charge on any atom is -0.481 e. The number of ether oxygens (including phenoxy) is 1. The van der Waals surface area contributed by atoms with Crippen LogP contribution in [0, 0.1) is 0 Å². The van der Waals surface area contributed by atoms with E-state index in [-0.39, 0.29) is 35.2 Å². The molecule has 0 radical (unpaired) electrons. The molecule has 18 heavy (non-hydrogen) atoms. The predicted molar refractivity (Wildman–Crippen MR) is 68.4 cm³/mol. The number of carbonyl (C=O) groups excluding carboxylic acids is 3. The molecule has 0 aromatic heterocycles. The molecule has 0 aliphatic carbocycles. The van der Waals surface area contributed by atoms with Crippen LogP contribution in [0.25, 0.3) is 0 Å². The second-order valence-corrected chi connectivity index (χ2v) is 5.29. The Labute approximate surface area is 113 Å². The van der Waals surface area contributed by atoms with Crippen molar-refractivity contribution in [3.05, 3.63) is 0 Å². The van der Waals surface area contributed by atoms with Crippen molar-refractivity contribution in [3.63, 3.8) is 0 Å².